The zero-order valence-corrected chi connectivity index (χ0v) is 12.4. The molecule has 2 atom stereocenters. The molecule has 1 saturated carbocycles. The molecule has 2 aliphatic rings. The minimum absolute atomic E-state index is 0.337. The van der Waals surface area contributed by atoms with Crippen LogP contribution in [0, 0.1) is 17.3 Å². The van der Waals surface area contributed by atoms with Crippen molar-refractivity contribution in [1.82, 2.24) is 4.90 Å². The first-order chi connectivity index (χ1) is 8.50. The second-order valence-electron chi connectivity index (χ2n) is 7.24. The molecule has 2 nitrogen and oxygen atoms in total. The molecule has 18 heavy (non-hydrogen) atoms. The van der Waals surface area contributed by atoms with Gasteiger partial charge in [-0.2, -0.15) is 0 Å². The molecule has 0 amide bonds. The van der Waals surface area contributed by atoms with E-state index < -0.39 is 0 Å². The lowest BCUT2D eigenvalue weighted by molar-refractivity contribution is -0.126. The van der Waals surface area contributed by atoms with Crippen molar-refractivity contribution in [2.24, 2.45) is 17.3 Å². The fraction of sp³-hybridized carbons (Fsp3) is 0.938. The van der Waals surface area contributed by atoms with Crippen molar-refractivity contribution >= 4 is 5.78 Å². The van der Waals surface area contributed by atoms with Crippen LogP contribution in [0.1, 0.15) is 59.3 Å². The maximum absolute atomic E-state index is 12.1. The van der Waals surface area contributed by atoms with Crippen LogP contribution in [0.2, 0.25) is 0 Å². The largest absolute Gasteiger partial charge is 0.302 e. The van der Waals surface area contributed by atoms with Gasteiger partial charge in [-0.1, -0.05) is 33.6 Å². The predicted molar refractivity (Wildman–Crippen MR) is 75.6 cm³/mol. The lowest BCUT2D eigenvalue weighted by Crippen LogP contribution is -2.36. The molecule has 1 saturated heterocycles. The van der Waals surface area contributed by atoms with Gasteiger partial charge in [0.25, 0.3) is 0 Å². The number of carbonyl (C=O) groups excluding carboxylic acids is 1. The van der Waals surface area contributed by atoms with Crippen molar-refractivity contribution in [3.8, 4) is 0 Å². The number of hydrogen-bond donors (Lipinski definition) is 0. The average Bonchev–Trinajstić information content (AvgIpc) is 2.63. The number of hydrogen-bond acceptors (Lipinski definition) is 2. The van der Waals surface area contributed by atoms with E-state index in [9.17, 15) is 4.79 Å². The van der Waals surface area contributed by atoms with Gasteiger partial charge in [-0.3, -0.25) is 4.79 Å². The summed E-state index contributed by atoms with van der Waals surface area (Å²) in [5.74, 6) is 1.68. The van der Waals surface area contributed by atoms with Crippen molar-refractivity contribution in [3.63, 3.8) is 0 Å². The summed E-state index contributed by atoms with van der Waals surface area (Å²) < 4.78 is 0. The second kappa shape index (κ2) is 5.73. The Balaban J connectivity index is 1.85. The van der Waals surface area contributed by atoms with Crippen LogP contribution in [0.25, 0.3) is 0 Å². The predicted octanol–water partition coefficient (Wildman–Crippen LogP) is 3.50. The van der Waals surface area contributed by atoms with Gasteiger partial charge in [-0.15, -0.1) is 0 Å². The van der Waals surface area contributed by atoms with Gasteiger partial charge in [0, 0.05) is 25.4 Å². The second-order valence-corrected chi connectivity index (χ2v) is 7.24. The van der Waals surface area contributed by atoms with E-state index in [0.717, 1.165) is 31.7 Å². The Hall–Kier alpha value is -0.370. The molecule has 1 heterocycles. The third-order valence-electron chi connectivity index (χ3n) is 4.80. The van der Waals surface area contributed by atoms with E-state index in [0.29, 0.717) is 17.1 Å². The Kier molecular flexibility index (Phi) is 4.47. The van der Waals surface area contributed by atoms with E-state index in [4.69, 9.17) is 0 Å². The smallest absolute Gasteiger partial charge is 0.137 e. The van der Waals surface area contributed by atoms with Crippen LogP contribution in [-0.2, 0) is 4.79 Å². The van der Waals surface area contributed by atoms with Crippen molar-refractivity contribution in [2.45, 2.75) is 59.3 Å². The molecule has 2 rings (SSSR count). The highest BCUT2D eigenvalue weighted by Crippen LogP contribution is 2.33. The molecular formula is C16H29NO. The van der Waals surface area contributed by atoms with E-state index in [1.165, 1.54) is 32.4 Å². The Morgan fingerprint density at radius 3 is 2.78 bits per heavy atom. The van der Waals surface area contributed by atoms with Gasteiger partial charge in [0.1, 0.15) is 5.78 Å². The third-order valence-corrected chi connectivity index (χ3v) is 4.80. The van der Waals surface area contributed by atoms with Gasteiger partial charge in [0.05, 0.1) is 0 Å². The molecule has 1 aliphatic heterocycles. The van der Waals surface area contributed by atoms with E-state index in [1.807, 2.05) is 0 Å². The molecule has 0 radical (unpaired) electrons. The van der Waals surface area contributed by atoms with Gasteiger partial charge in [-0.25, -0.2) is 0 Å². The maximum atomic E-state index is 12.1. The number of likely N-dealkylation sites (tertiary alicyclic amines) is 1. The molecule has 104 valence electrons. The molecule has 1 aliphatic carbocycles. The van der Waals surface area contributed by atoms with Gasteiger partial charge in [0.2, 0.25) is 0 Å². The van der Waals surface area contributed by atoms with E-state index >= 15 is 0 Å². The van der Waals surface area contributed by atoms with Crippen molar-refractivity contribution < 1.29 is 4.79 Å². The molecule has 0 aromatic rings. The van der Waals surface area contributed by atoms with E-state index in [2.05, 4.69) is 25.7 Å². The SMILES string of the molecule is CCCC1CCC(=O)C(CN2CCC(C)(C)C2)C1. The Bertz CT molecular complexity index is 297. The van der Waals surface area contributed by atoms with Crippen LogP contribution in [0.5, 0.6) is 0 Å². The van der Waals surface area contributed by atoms with Gasteiger partial charge < -0.3 is 4.90 Å². The van der Waals surface area contributed by atoms with Crippen LogP contribution < -0.4 is 0 Å². The first kappa shape index (κ1) is 14.0. The summed E-state index contributed by atoms with van der Waals surface area (Å²) in [7, 11) is 0. The Morgan fingerprint density at radius 2 is 2.17 bits per heavy atom. The monoisotopic (exact) mass is 251 g/mol. The molecule has 2 heteroatoms. The van der Waals surface area contributed by atoms with Crippen molar-refractivity contribution in [3.05, 3.63) is 0 Å². The van der Waals surface area contributed by atoms with Gasteiger partial charge in [0.15, 0.2) is 0 Å². The maximum Gasteiger partial charge on any atom is 0.137 e. The van der Waals surface area contributed by atoms with E-state index in [1.54, 1.807) is 0 Å². The molecule has 0 aromatic heterocycles. The molecule has 2 unspecified atom stereocenters. The summed E-state index contributed by atoms with van der Waals surface area (Å²) in [6.45, 7) is 10.3. The number of Topliss-reactive ketones (excluding diaryl/α,β-unsaturated/α-hetero) is 1. The molecular weight excluding hydrogens is 222 g/mol. The zero-order chi connectivity index (χ0) is 13.2. The van der Waals surface area contributed by atoms with Crippen molar-refractivity contribution in [2.75, 3.05) is 19.6 Å². The quantitative estimate of drug-likeness (QED) is 0.762. The average molecular weight is 251 g/mol. The van der Waals surface area contributed by atoms with Crippen LogP contribution >= 0.6 is 0 Å². The van der Waals surface area contributed by atoms with Gasteiger partial charge >= 0.3 is 0 Å². The Labute approximate surface area is 112 Å². The highest BCUT2D eigenvalue weighted by atomic mass is 16.1. The minimum Gasteiger partial charge on any atom is -0.302 e. The minimum atomic E-state index is 0.337. The lowest BCUT2D eigenvalue weighted by atomic mass is 9.78. The third kappa shape index (κ3) is 3.57. The number of ketones is 1. The zero-order valence-electron chi connectivity index (χ0n) is 12.4. The van der Waals surface area contributed by atoms with Crippen LogP contribution in [-0.4, -0.2) is 30.3 Å². The number of carbonyl (C=O) groups is 1. The highest BCUT2D eigenvalue weighted by Gasteiger charge is 2.34. The highest BCUT2D eigenvalue weighted by molar-refractivity contribution is 5.81. The first-order valence-electron chi connectivity index (χ1n) is 7.75. The normalized spacial score (nSPS) is 32.9. The van der Waals surface area contributed by atoms with Crippen molar-refractivity contribution in [1.29, 1.82) is 0 Å². The summed E-state index contributed by atoms with van der Waals surface area (Å²) in [5, 5.41) is 0. The molecule has 2 fully saturated rings. The van der Waals surface area contributed by atoms with E-state index in [-0.39, 0.29) is 0 Å². The summed E-state index contributed by atoms with van der Waals surface area (Å²) >= 11 is 0. The fourth-order valence-corrected chi connectivity index (χ4v) is 3.74. The summed E-state index contributed by atoms with van der Waals surface area (Å²) in [6.07, 6.45) is 7.01. The fourth-order valence-electron chi connectivity index (χ4n) is 3.74. The van der Waals surface area contributed by atoms with Crippen LogP contribution in [0.4, 0.5) is 0 Å². The van der Waals surface area contributed by atoms with Gasteiger partial charge in [-0.05, 0) is 37.1 Å². The summed E-state index contributed by atoms with van der Waals surface area (Å²) in [5.41, 5.74) is 0.459. The molecule has 0 aromatic carbocycles. The number of nitrogens with zero attached hydrogens (tertiary/aromatic N) is 1. The molecule has 0 bridgehead atoms. The molecule has 0 spiro atoms. The first-order valence-corrected chi connectivity index (χ1v) is 7.75. The Morgan fingerprint density at radius 1 is 1.39 bits per heavy atom. The van der Waals surface area contributed by atoms with Crippen LogP contribution in [0.15, 0.2) is 0 Å². The molecule has 0 N–H and O–H groups in total. The standard InChI is InChI=1S/C16H29NO/c1-4-5-13-6-7-15(18)14(10-13)11-17-9-8-16(2,3)12-17/h13-14H,4-12H2,1-3H3. The summed E-state index contributed by atoms with van der Waals surface area (Å²) in [6, 6.07) is 0. The van der Waals surface area contributed by atoms with Crippen LogP contribution in [0.3, 0.4) is 0 Å². The topological polar surface area (TPSA) is 20.3 Å². The number of rotatable bonds is 4. The summed E-state index contributed by atoms with van der Waals surface area (Å²) in [4.78, 5) is 14.6. The lowest BCUT2D eigenvalue weighted by Gasteiger charge is -2.31.